The Labute approximate surface area is 133 Å². The summed E-state index contributed by atoms with van der Waals surface area (Å²) in [6.45, 7) is 2.55. The fourth-order valence-corrected chi connectivity index (χ4v) is 3.27. The monoisotopic (exact) mass is 475 g/mol. The summed E-state index contributed by atoms with van der Waals surface area (Å²) in [7, 11) is 0. The highest BCUT2D eigenvalue weighted by Crippen LogP contribution is 2.26. The molecule has 3 N–H and O–H groups in total. The summed E-state index contributed by atoms with van der Waals surface area (Å²) >= 11 is 4.10. The normalized spacial score (nSPS) is 12.2. The van der Waals surface area contributed by atoms with E-state index in [1.807, 2.05) is 35.6 Å². The highest BCUT2D eigenvalue weighted by atomic mass is 127. The van der Waals surface area contributed by atoms with Gasteiger partial charge in [-0.25, -0.2) is 0 Å². The third kappa shape index (κ3) is 4.54. The Bertz CT molecular complexity index is 438. The smallest absolute Gasteiger partial charge is 0.255 e. The van der Waals surface area contributed by atoms with Crippen molar-refractivity contribution in [2.75, 3.05) is 13.2 Å². The van der Waals surface area contributed by atoms with Crippen molar-refractivity contribution in [3.63, 3.8) is 0 Å². The Kier molecular flexibility index (Phi) is 6.64. The number of aromatic hydroxyl groups is 1. The van der Waals surface area contributed by atoms with Crippen molar-refractivity contribution in [2.45, 2.75) is 13.3 Å². The molecule has 1 aromatic carbocycles. The second kappa shape index (κ2) is 7.49. The lowest BCUT2D eigenvalue weighted by Gasteiger charge is -2.12. The minimum atomic E-state index is -0.284. The molecule has 4 nitrogen and oxygen atoms in total. The summed E-state index contributed by atoms with van der Waals surface area (Å²) in [6, 6.07) is 3.46. The molecule has 1 rings (SSSR count). The van der Waals surface area contributed by atoms with Crippen molar-refractivity contribution in [1.82, 2.24) is 5.32 Å². The summed E-state index contributed by atoms with van der Waals surface area (Å²) in [5.41, 5.74) is 0.294. The lowest BCUT2D eigenvalue weighted by Crippen LogP contribution is -2.28. The van der Waals surface area contributed by atoms with Crippen molar-refractivity contribution in [1.29, 1.82) is 0 Å². The van der Waals surface area contributed by atoms with Crippen molar-refractivity contribution in [3.8, 4) is 5.75 Å². The van der Waals surface area contributed by atoms with Crippen LogP contribution < -0.4 is 5.32 Å². The van der Waals surface area contributed by atoms with Gasteiger partial charge in [-0.1, -0.05) is 6.92 Å². The van der Waals surface area contributed by atoms with Crippen LogP contribution in [-0.2, 0) is 0 Å². The molecule has 18 heavy (non-hydrogen) atoms. The fraction of sp³-hybridized carbons (Fsp3) is 0.417. The number of aliphatic hydroxyl groups excluding tert-OH is 1. The molecule has 1 amide bonds. The first-order valence-electron chi connectivity index (χ1n) is 5.52. The summed E-state index contributed by atoms with van der Waals surface area (Å²) < 4.78 is 1.57. The van der Waals surface area contributed by atoms with Crippen molar-refractivity contribution in [2.24, 2.45) is 5.92 Å². The van der Waals surface area contributed by atoms with Crippen LogP contribution in [0.25, 0.3) is 0 Å². The number of amides is 1. The molecule has 0 aliphatic rings. The molecule has 0 aliphatic carbocycles. The molecule has 0 saturated carbocycles. The Morgan fingerprint density at radius 1 is 1.44 bits per heavy atom. The largest absolute Gasteiger partial charge is 0.506 e. The van der Waals surface area contributed by atoms with Crippen molar-refractivity contribution in [3.05, 3.63) is 24.8 Å². The summed E-state index contributed by atoms with van der Waals surface area (Å²) in [6.07, 6.45) is 0.649. The van der Waals surface area contributed by atoms with Crippen LogP contribution in [0.15, 0.2) is 12.1 Å². The van der Waals surface area contributed by atoms with E-state index in [-0.39, 0.29) is 24.2 Å². The average molecular weight is 475 g/mol. The summed E-state index contributed by atoms with van der Waals surface area (Å²) in [5, 5.41) is 21.4. The number of benzene rings is 1. The number of phenols is 1. The van der Waals surface area contributed by atoms with Gasteiger partial charge in [-0.2, -0.15) is 0 Å². The van der Waals surface area contributed by atoms with Crippen LogP contribution >= 0.6 is 45.2 Å². The molecular weight excluding hydrogens is 460 g/mol. The number of aliphatic hydroxyl groups is 1. The fourth-order valence-electron chi connectivity index (χ4n) is 1.42. The predicted octanol–water partition coefficient (Wildman–Crippen LogP) is 2.35. The van der Waals surface area contributed by atoms with Crippen LogP contribution in [0.3, 0.4) is 0 Å². The molecule has 1 unspecified atom stereocenters. The Balaban J connectivity index is 2.73. The van der Waals surface area contributed by atoms with Gasteiger partial charge in [0, 0.05) is 16.7 Å². The number of hydrogen-bond donors (Lipinski definition) is 3. The molecule has 1 aromatic rings. The van der Waals surface area contributed by atoms with Crippen LogP contribution in [0.1, 0.15) is 23.7 Å². The zero-order chi connectivity index (χ0) is 13.7. The lowest BCUT2D eigenvalue weighted by atomic mass is 10.1. The minimum Gasteiger partial charge on any atom is -0.506 e. The number of rotatable bonds is 5. The number of halogens is 2. The van der Waals surface area contributed by atoms with Crippen LogP contribution in [0.5, 0.6) is 5.75 Å². The van der Waals surface area contributed by atoms with Crippen LogP contribution in [0.2, 0.25) is 0 Å². The van der Waals surface area contributed by atoms with Crippen molar-refractivity contribution < 1.29 is 15.0 Å². The third-order valence-corrected chi connectivity index (χ3v) is 3.95. The van der Waals surface area contributed by atoms with E-state index in [9.17, 15) is 9.90 Å². The molecule has 100 valence electrons. The maximum Gasteiger partial charge on any atom is 0.255 e. The molecule has 0 aliphatic heterocycles. The maximum atomic E-state index is 11.9. The van der Waals surface area contributed by atoms with E-state index in [4.69, 9.17) is 5.11 Å². The molecule has 0 aromatic heterocycles. The molecule has 1 atom stereocenters. The van der Waals surface area contributed by atoms with Gasteiger partial charge in [0.2, 0.25) is 0 Å². The first kappa shape index (κ1) is 16.0. The highest BCUT2D eigenvalue weighted by Gasteiger charge is 2.15. The molecule has 0 saturated heterocycles. The SMILES string of the molecule is CC(CCO)CNC(=O)c1cc(I)cc(I)c1O. The number of carbonyl (C=O) groups excluding carboxylic acids is 1. The van der Waals surface area contributed by atoms with E-state index in [1.54, 1.807) is 6.07 Å². The van der Waals surface area contributed by atoms with Gasteiger partial charge in [0.25, 0.3) is 5.91 Å². The van der Waals surface area contributed by atoms with Crippen LogP contribution in [0.4, 0.5) is 0 Å². The summed E-state index contributed by atoms with van der Waals surface area (Å²) in [4.78, 5) is 11.9. The maximum absolute atomic E-state index is 11.9. The number of carbonyl (C=O) groups is 1. The van der Waals surface area contributed by atoms with E-state index in [0.717, 1.165) is 3.57 Å². The standard InChI is InChI=1S/C12H15I2NO3/c1-7(2-3-16)6-15-12(18)9-4-8(13)5-10(14)11(9)17/h4-5,7,16-17H,2-3,6H2,1H3,(H,15,18). The van der Waals surface area contributed by atoms with Gasteiger partial charge in [0.05, 0.1) is 9.13 Å². The minimum absolute atomic E-state index is 0.0170. The molecule has 0 radical (unpaired) electrons. The molecule has 0 heterocycles. The zero-order valence-corrected chi connectivity index (χ0v) is 14.2. The summed E-state index contributed by atoms with van der Waals surface area (Å²) in [5.74, 6) is -0.0556. The quantitative estimate of drug-likeness (QED) is 0.574. The van der Waals surface area contributed by atoms with Crippen LogP contribution in [0, 0.1) is 13.1 Å². The molecule has 0 spiro atoms. The first-order valence-corrected chi connectivity index (χ1v) is 7.68. The molecule has 6 heteroatoms. The van der Waals surface area contributed by atoms with Crippen molar-refractivity contribution >= 4 is 51.1 Å². The number of phenolic OH excluding ortho intramolecular Hbond substituents is 1. The molecule has 0 bridgehead atoms. The molecular formula is C12H15I2NO3. The topological polar surface area (TPSA) is 69.6 Å². The van der Waals surface area contributed by atoms with Gasteiger partial charge in [0.15, 0.2) is 0 Å². The van der Waals surface area contributed by atoms with Gasteiger partial charge in [0.1, 0.15) is 5.75 Å². The average Bonchev–Trinajstić information content (AvgIpc) is 2.31. The zero-order valence-electron chi connectivity index (χ0n) is 9.91. The second-order valence-corrected chi connectivity index (χ2v) is 6.52. The lowest BCUT2D eigenvalue weighted by molar-refractivity contribution is 0.0942. The van der Waals surface area contributed by atoms with Crippen LogP contribution in [-0.4, -0.2) is 29.3 Å². The van der Waals surface area contributed by atoms with Gasteiger partial charge in [-0.15, -0.1) is 0 Å². The Morgan fingerprint density at radius 2 is 2.11 bits per heavy atom. The van der Waals surface area contributed by atoms with E-state index < -0.39 is 0 Å². The van der Waals surface area contributed by atoms with Gasteiger partial charge < -0.3 is 15.5 Å². The van der Waals surface area contributed by atoms with E-state index >= 15 is 0 Å². The Hall–Kier alpha value is -0.0900. The second-order valence-electron chi connectivity index (χ2n) is 4.11. The van der Waals surface area contributed by atoms with E-state index in [2.05, 4.69) is 27.9 Å². The number of nitrogens with one attached hydrogen (secondary N) is 1. The number of hydrogen-bond acceptors (Lipinski definition) is 3. The van der Waals surface area contributed by atoms with Gasteiger partial charge in [-0.3, -0.25) is 4.79 Å². The van der Waals surface area contributed by atoms with E-state index in [0.29, 0.717) is 22.1 Å². The first-order chi connectivity index (χ1) is 8.45. The van der Waals surface area contributed by atoms with Gasteiger partial charge >= 0.3 is 0 Å². The third-order valence-electron chi connectivity index (χ3n) is 2.51. The van der Waals surface area contributed by atoms with Gasteiger partial charge in [-0.05, 0) is 69.7 Å². The van der Waals surface area contributed by atoms with E-state index in [1.165, 1.54) is 0 Å². The Morgan fingerprint density at radius 3 is 2.72 bits per heavy atom. The molecule has 0 fully saturated rings. The predicted molar refractivity (Wildman–Crippen MR) is 86.7 cm³/mol. The highest BCUT2D eigenvalue weighted by molar-refractivity contribution is 14.1.